The van der Waals surface area contributed by atoms with Crippen LogP contribution in [0.2, 0.25) is 0 Å². The Balaban J connectivity index is 1.93. The Kier molecular flexibility index (Phi) is 4.25. The molecule has 1 aromatic carbocycles. The molecule has 2 aliphatic carbocycles. The van der Waals surface area contributed by atoms with Gasteiger partial charge in [0.2, 0.25) is 0 Å². The van der Waals surface area contributed by atoms with Crippen molar-refractivity contribution in [1.29, 1.82) is 21.0 Å². The molecule has 8 nitrogen and oxygen atoms in total. The van der Waals surface area contributed by atoms with Crippen LogP contribution in [0.4, 0.5) is 0 Å². The van der Waals surface area contributed by atoms with Gasteiger partial charge in [0.05, 0.1) is 52.6 Å². The molecule has 1 atom stereocenters. The molecule has 2 heterocycles. The molecule has 0 amide bonds. The summed E-state index contributed by atoms with van der Waals surface area (Å²) in [5.41, 5.74) is 0.573. The maximum atomic E-state index is 10.2. The summed E-state index contributed by atoms with van der Waals surface area (Å²) in [6.45, 7) is 3.91. The minimum absolute atomic E-state index is 0.162. The van der Waals surface area contributed by atoms with Gasteiger partial charge >= 0.3 is 0 Å². The van der Waals surface area contributed by atoms with Crippen LogP contribution < -0.4 is 0 Å². The molecular formula is C22H10N8S2. The van der Waals surface area contributed by atoms with Crippen LogP contribution in [0.5, 0.6) is 0 Å². The van der Waals surface area contributed by atoms with E-state index in [1.165, 1.54) is 0 Å². The fraction of sp³-hybridized carbons (Fsp3) is 0.182. The van der Waals surface area contributed by atoms with E-state index in [0.717, 1.165) is 34.6 Å². The highest BCUT2D eigenvalue weighted by Crippen LogP contribution is 2.71. The molecule has 0 saturated heterocycles. The Morgan fingerprint density at radius 2 is 1.56 bits per heavy atom. The Hall–Kier alpha value is -4.22. The van der Waals surface area contributed by atoms with Crippen molar-refractivity contribution in [3.05, 3.63) is 70.3 Å². The molecule has 1 unspecified atom stereocenters. The highest BCUT2D eigenvalue weighted by atomic mass is 32.1. The highest BCUT2D eigenvalue weighted by molar-refractivity contribution is 6.99. The van der Waals surface area contributed by atoms with Crippen molar-refractivity contribution in [1.82, 2.24) is 17.5 Å². The second-order valence-corrected chi connectivity index (χ2v) is 8.48. The molecule has 10 heteroatoms. The van der Waals surface area contributed by atoms with Crippen molar-refractivity contribution in [2.75, 3.05) is 0 Å². The molecule has 150 valence electrons. The van der Waals surface area contributed by atoms with E-state index >= 15 is 0 Å². The number of hydrogen-bond acceptors (Lipinski definition) is 10. The topological polar surface area (TPSA) is 147 Å². The Morgan fingerprint density at radius 1 is 0.969 bits per heavy atom. The maximum absolute atomic E-state index is 10.2. The molecule has 2 aliphatic rings. The number of benzene rings is 1. The second kappa shape index (κ2) is 6.90. The summed E-state index contributed by atoms with van der Waals surface area (Å²) >= 11 is 1.82. The number of hydrogen-bond donors (Lipinski definition) is 0. The van der Waals surface area contributed by atoms with Gasteiger partial charge < -0.3 is 0 Å². The fourth-order valence-electron chi connectivity index (χ4n) is 4.99. The van der Waals surface area contributed by atoms with Gasteiger partial charge in [-0.1, -0.05) is 36.9 Å². The largest absolute Gasteiger partial charge is 0.197 e. The molecule has 0 aliphatic heterocycles. The van der Waals surface area contributed by atoms with Gasteiger partial charge in [0.15, 0.2) is 5.41 Å². The lowest BCUT2D eigenvalue weighted by atomic mass is 9.39. The maximum Gasteiger partial charge on any atom is 0.161 e. The van der Waals surface area contributed by atoms with Crippen molar-refractivity contribution in [3.8, 4) is 24.3 Å². The molecule has 1 spiro atoms. The molecule has 3 aromatic rings. The van der Waals surface area contributed by atoms with Gasteiger partial charge in [0, 0.05) is 5.92 Å². The fourth-order valence-corrected chi connectivity index (χ4v) is 6.22. The minimum Gasteiger partial charge on any atom is -0.197 e. The SMILES string of the molecule is C=Cc1ccccc1C1CC(C#N)(C#N)C12c1nsnc1C(=C(C#N)C#N)c1nsnc12. The normalized spacial score (nSPS) is 21.6. The van der Waals surface area contributed by atoms with Crippen molar-refractivity contribution >= 4 is 35.1 Å². The molecule has 0 radical (unpaired) electrons. The van der Waals surface area contributed by atoms with Crippen LogP contribution in [-0.2, 0) is 5.41 Å². The monoisotopic (exact) mass is 450 g/mol. The summed E-state index contributed by atoms with van der Waals surface area (Å²) in [5, 5.41) is 39.6. The van der Waals surface area contributed by atoms with E-state index in [-0.39, 0.29) is 23.5 Å². The van der Waals surface area contributed by atoms with Crippen LogP contribution >= 0.6 is 23.5 Å². The molecule has 2 aromatic heterocycles. The average molecular weight is 451 g/mol. The van der Waals surface area contributed by atoms with Crippen molar-refractivity contribution in [3.63, 3.8) is 0 Å². The molecule has 1 fully saturated rings. The van der Waals surface area contributed by atoms with E-state index in [1.807, 2.05) is 36.4 Å². The van der Waals surface area contributed by atoms with E-state index in [0.29, 0.717) is 22.8 Å². The number of allylic oxidation sites excluding steroid dienone is 1. The molecular weight excluding hydrogens is 440 g/mol. The van der Waals surface area contributed by atoms with E-state index in [9.17, 15) is 21.0 Å². The lowest BCUT2D eigenvalue weighted by molar-refractivity contribution is 0.0926. The first-order valence-corrected chi connectivity index (χ1v) is 10.8. The predicted molar refractivity (Wildman–Crippen MR) is 115 cm³/mol. The van der Waals surface area contributed by atoms with Crippen molar-refractivity contribution in [2.24, 2.45) is 5.41 Å². The zero-order valence-corrected chi connectivity index (χ0v) is 17.9. The first-order valence-electron chi connectivity index (χ1n) is 9.38. The zero-order valence-electron chi connectivity index (χ0n) is 16.3. The van der Waals surface area contributed by atoms with E-state index in [1.54, 1.807) is 6.08 Å². The van der Waals surface area contributed by atoms with Gasteiger partial charge in [-0.25, -0.2) is 0 Å². The van der Waals surface area contributed by atoms with Crippen LogP contribution in [0.15, 0.2) is 36.4 Å². The summed E-state index contributed by atoms with van der Waals surface area (Å²) in [6, 6.07) is 15.9. The number of fused-ring (bicyclic) bond motifs is 4. The highest BCUT2D eigenvalue weighted by Gasteiger charge is 2.74. The van der Waals surface area contributed by atoms with Crippen LogP contribution in [0, 0.1) is 50.7 Å². The van der Waals surface area contributed by atoms with Crippen molar-refractivity contribution in [2.45, 2.75) is 17.8 Å². The summed E-state index contributed by atoms with van der Waals surface area (Å²) in [7, 11) is 0. The van der Waals surface area contributed by atoms with E-state index < -0.39 is 10.8 Å². The Labute approximate surface area is 191 Å². The number of nitriles is 4. The molecule has 32 heavy (non-hydrogen) atoms. The number of aromatic nitrogens is 4. The third-order valence-electron chi connectivity index (χ3n) is 6.35. The van der Waals surface area contributed by atoms with E-state index in [4.69, 9.17) is 0 Å². The molecule has 0 bridgehead atoms. The van der Waals surface area contributed by atoms with Gasteiger partial charge in [-0.2, -0.15) is 38.5 Å². The smallest absolute Gasteiger partial charge is 0.161 e. The number of rotatable bonds is 2. The van der Waals surface area contributed by atoms with Gasteiger partial charge in [-0.15, -0.1) is 0 Å². The minimum atomic E-state index is -1.47. The third kappa shape index (κ3) is 2.10. The summed E-state index contributed by atoms with van der Waals surface area (Å²) < 4.78 is 17.8. The Morgan fingerprint density at radius 3 is 2.09 bits per heavy atom. The lowest BCUT2D eigenvalue weighted by Gasteiger charge is -2.57. The summed E-state index contributed by atoms with van der Waals surface area (Å²) in [5.74, 6) is -0.324. The zero-order chi connectivity index (χ0) is 22.5. The first kappa shape index (κ1) is 19.7. The van der Waals surface area contributed by atoms with Crippen LogP contribution in [0.25, 0.3) is 11.6 Å². The van der Waals surface area contributed by atoms with Gasteiger partial charge in [-0.05, 0) is 17.5 Å². The summed E-state index contributed by atoms with van der Waals surface area (Å²) in [6.07, 6.45) is 2.00. The predicted octanol–water partition coefficient (Wildman–Crippen LogP) is 3.70. The quantitative estimate of drug-likeness (QED) is 0.537. The third-order valence-corrected chi connectivity index (χ3v) is 7.41. The van der Waals surface area contributed by atoms with Crippen LogP contribution in [-0.4, -0.2) is 17.5 Å². The average Bonchev–Trinajstić information content (AvgIpc) is 3.50. The summed E-state index contributed by atoms with van der Waals surface area (Å²) in [4.78, 5) is 0. The number of nitrogens with zero attached hydrogens (tertiary/aromatic N) is 8. The first-order chi connectivity index (χ1) is 15.6. The second-order valence-electron chi connectivity index (χ2n) is 7.42. The molecule has 1 saturated carbocycles. The van der Waals surface area contributed by atoms with Crippen LogP contribution in [0.3, 0.4) is 0 Å². The van der Waals surface area contributed by atoms with Gasteiger partial charge in [-0.3, -0.25) is 0 Å². The Bertz CT molecular complexity index is 1420. The van der Waals surface area contributed by atoms with Gasteiger partial charge in [0.1, 0.15) is 34.5 Å². The standard InChI is InChI=1S/C22H10N8S2/c1-2-12-5-3-4-6-14(12)15-7-21(10-25,11-26)22(15)19-17(27-31-29-19)16(13(8-23)9-24)18-20(22)30-32-28-18/h2-6,15H,1,7H2. The lowest BCUT2D eigenvalue weighted by Crippen LogP contribution is -2.61. The van der Waals surface area contributed by atoms with Crippen molar-refractivity contribution < 1.29 is 0 Å². The molecule has 0 N–H and O–H groups in total. The van der Waals surface area contributed by atoms with Crippen LogP contribution in [0.1, 0.15) is 46.2 Å². The van der Waals surface area contributed by atoms with Gasteiger partial charge in [0.25, 0.3) is 0 Å². The van der Waals surface area contributed by atoms with E-state index in [2.05, 4.69) is 36.2 Å². The molecule has 5 rings (SSSR count).